The Bertz CT molecular complexity index is 937. The summed E-state index contributed by atoms with van der Waals surface area (Å²) in [5.74, 6) is -1.35. The van der Waals surface area contributed by atoms with Crippen LogP contribution in [-0.4, -0.2) is 23.5 Å². The number of aryl methyl sites for hydroxylation is 2. The van der Waals surface area contributed by atoms with Crippen molar-refractivity contribution in [3.05, 3.63) is 73.6 Å². The van der Waals surface area contributed by atoms with Crippen molar-refractivity contribution in [1.29, 1.82) is 0 Å². The van der Waals surface area contributed by atoms with Gasteiger partial charge in [0, 0.05) is 4.88 Å². The summed E-state index contributed by atoms with van der Waals surface area (Å²) in [5.41, 5.74) is 1.33. The van der Waals surface area contributed by atoms with Gasteiger partial charge in [0.15, 0.2) is 6.61 Å². The first-order valence-corrected chi connectivity index (χ1v) is 9.83. The zero-order valence-electron chi connectivity index (χ0n) is 14.7. The van der Waals surface area contributed by atoms with E-state index in [2.05, 4.69) is 10.3 Å². The van der Waals surface area contributed by atoms with E-state index >= 15 is 0 Å². The molecule has 1 atom stereocenters. The molecule has 0 saturated heterocycles. The molecule has 5 nitrogen and oxygen atoms in total. The van der Waals surface area contributed by atoms with Gasteiger partial charge < -0.3 is 10.1 Å². The van der Waals surface area contributed by atoms with Gasteiger partial charge in [-0.1, -0.05) is 18.2 Å². The second-order valence-electron chi connectivity index (χ2n) is 5.79. The van der Waals surface area contributed by atoms with Crippen LogP contribution in [0.5, 0.6) is 0 Å². The van der Waals surface area contributed by atoms with Crippen LogP contribution < -0.4 is 5.32 Å². The Morgan fingerprint density at radius 3 is 2.56 bits per heavy atom. The number of benzene rings is 1. The minimum atomic E-state index is -0.567. The third-order valence-corrected chi connectivity index (χ3v) is 5.75. The maximum Gasteiger partial charge on any atom is 0.350 e. The van der Waals surface area contributed by atoms with Gasteiger partial charge in [-0.2, -0.15) is 0 Å². The molecule has 0 radical (unpaired) electrons. The highest BCUT2D eigenvalue weighted by atomic mass is 32.1. The fourth-order valence-corrected chi connectivity index (χ4v) is 4.17. The van der Waals surface area contributed by atoms with Gasteiger partial charge in [-0.3, -0.25) is 4.79 Å². The Labute approximate surface area is 163 Å². The molecule has 2 aromatic heterocycles. The van der Waals surface area contributed by atoms with Crippen molar-refractivity contribution in [3.8, 4) is 0 Å². The molecule has 0 saturated carbocycles. The number of thiazole rings is 1. The van der Waals surface area contributed by atoms with Crippen LogP contribution in [0.3, 0.4) is 0 Å². The van der Waals surface area contributed by atoms with Crippen molar-refractivity contribution >= 4 is 34.6 Å². The number of rotatable bonds is 6. The molecule has 140 valence electrons. The molecule has 0 fully saturated rings. The lowest BCUT2D eigenvalue weighted by Gasteiger charge is -2.18. The first-order chi connectivity index (χ1) is 12.9. The number of amides is 1. The Hall–Kier alpha value is -2.58. The van der Waals surface area contributed by atoms with Crippen LogP contribution in [0.4, 0.5) is 4.39 Å². The van der Waals surface area contributed by atoms with E-state index in [-0.39, 0.29) is 5.82 Å². The molecule has 3 aromatic rings. The largest absolute Gasteiger partial charge is 0.451 e. The summed E-state index contributed by atoms with van der Waals surface area (Å²) in [6, 6.07) is 9.24. The lowest BCUT2D eigenvalue weighted by atomic mass is 10.1. The van der Waals surface area contributed by atoms with Gasteiger partial charge in [0.05, 0.1) is 16.7 Å². The van der Waals surface area contributed by atoms with Crippen LogP contribution in [0, 0.1) is 19.7 Å². The highest BCUT2D eigenvalue weighted by Crippen LogP contribution is 2.26. The minimum Gasteiger partial charge on any atom is -0.451 e. The molecule has 0 unspecified atom stereocenters. The van der Waals surface area contributed by atoms with E-state index in [1.807, 2.05) is 17.5 Å². The Morgan fingerprint density at radius 1 is 1.22 bits per heavy atom. The fourth-order valence-electron chi connectivity index (χ4n) is 2.55. The number of nitrogens with zero attached hydrogens (tertiary/aromatic N) is 1. The molecular weight excluding hydrogens is 387 g/mol. The van der Waals surface area contributed by atoms with Crippen molar-refractivity contribution in [2.45, 2.75) is 19.9 Å². The van der Waals surface area contributed by atoms with Crippen LogP contribution in [-0.2, 0) is 9.53 Å². The van der Waals surface area contributed by atoms with Gasteiger partial charge in [-0.25, -0.2) is 14.2 Å². The average Bonchev–Trinajstić information content (AvgIpc) is 3.28. The molecule has 0 spiro atoms. The van der Waals surface area contributed by atoms with Crippen molar-refractivity contribution < 1.29 is 18.7 Å². The summed E-state index contributed by atoms with van der Waals surface area (Å²) >= 11 is 2.71. The van der Waals surface area contributed by atoms with Crippen LogP contribution >= 0.6 is 22.7 Å². The molecule has 1 amide bonds. The second-order valence-corrected chi connectivity index (χ2v) is 7.97. The lowest BCUT2D eigenvalue weighted by molar-refractivity contribution is -0.124. The van der Waals surface area contributed by atoms with E-state index in [1.54, 1.807) is 26.0 Å². The lowest BCUT2D eigenvalue weighted by Crippen LogP contribution is -2.32. The smallest absolute Gasteiger partial charge is 0.350 e. The maximum atomic E-state index is 13.2. The predicted molar refractivity (Wildman–Crippen MR) is 103 cm³/mol. The number of carbonyl (C=O) groups is 2. The van der Waals surface area contributed by atoms with Gasteiger partial charge in [0.25, 0.3) is 5.91 Å². The minimum absolute atomic E-state index is 0.348. The van der Waals surface area contributed by atoms with Crippen LogP contribution in [0.25, 0.3) is 0 Å². The van der Waals surface area contributed by atoms with E-state index in [4.69, 9.17) is 4.74 Å². The van der Waals surface area contributed by atoms with Gasteiger partial charge >= 0.3 is 5.97 Å². The maximum absolute atomic E-state index is 13.2. The number of esters is 1. The predicted octanol–water partition coefficient (Wildman–Crippen LogP) is 4.02. The highest BCUT2D eigenvalue weighted by molar-refractivity contribution is 7.13. The molecule has 0 aliphatic carbocycles. The number of hydrogen-bond acceptors (Lipinski definition) is 6. The normalized spacial score (nSPS) is 11.8. The molecular formula is C19H17FN2O3S2. The zero-order chi connectivity index (χ0) is 19.4. The zero-order valence-corrected chi connectivity index (χ0v) is 16.3. The molecule has 2 heterocycles. The van der Waals surface area contributed by atoms with Gasteiger partial charge in [0.2, 0.25) is 0 Å². The average molecular weight is 404 g/mol. The third-order valence-electron chi connectivity index (χ3n) is 3.76. The topological polar surface area (TPSA) is 68.3 Å². The summed E-state index contributed by atoms with van der Waals surface area (Å²) in [6.07, 6.45) is 0. The Balaban J connectivity index is 1.67. The molecule has 0 aliphatic rings. The van der Waals surface area contributed by atoms with Gasteiger partial charge in [0.1, 0.15) is 10.7 Å². The molecule has 1 N–H and O–H groups in total. The number of carbonyl (C=O) groups excluding carboxylic acids is 2. The van der Waals surface area contributed by atoms with E-state index in [9.17, 15) is 14.0 Å². The second kappa shape index (κ2) is 8.41. The first-order valence-electron chi connectivity index (χ1n) is 8.13. The number of aromatic nitrogens is 1. The van der Waals surface area contributed by atoms with Crippen molar-refractivity contribution in [3.63, 3.8) is 0 Å². The van der Waals surface area contributed by atoms with Crippen LogP contribution in [0.15, 0.2) is 41.8 Å². The SMILES string of the molecule is Cc1nc(C)c(C(=O)OCC(=O)N[C@@H](c2ccc(F)cc2)c2cccs2)s1. The summed E-state index contributed by atoms with van der Waals surface area (Å²) < 4.78 is 18.3. The number of thiophene rings is 1. The standard InChI is InChI=1S/C19H17FN2O3S2/c1-11-18(27-12(2)21-11)19(24)25-10-16(23)22-17(15-4-3-9-26-15)13-5-7-14(20)8-6-13/h3-9,17H,10H2,1-2H3,(H,22,23)/t17-/m0/s1. The van der Waals surface area contributed by atoms with E-state index < -0.39 is 24.5 Å². The third kappa shape index (κ3) is 4.78. The summed E-state index contributed by atoms with van der Waals surface area (Å²) in [4.78, 5) is 29.9. The summed E-state index contributed by atoms with van der Waals surface area (Å²) in [6.45, 7) is 3.12. The van der Waals surface area contributed by atoms with Crippen LogP contribution in [0.2, 0.25) is 0 Å². The van der Waals surface area contributed by atoms with E-state index in [1.165, 1.54) is 34.8 Å². The molecule has 27 heavy (non-hydrogen) atoms. The number of halogens is 1. The first kappa shape index (κ1) is 19.2. The molecule has 1 aromatic carbocycles. The molecule has 0 aliphatic heterocycles. The number of hydrogen-bond donors (Lipinski definition) is 1. The quantitative estimate of drug-likeness (QED) is 0.630. The Kier molecular flexibility index (Phi) is 5.98. The van der Waals surface area contributed by atoms with Gasteiger partial charge in [-0.15, -0.1) is 22.7 Å². The van der Waals surface area contributed by atoms with Crippen molar-refractivity contribution in [2.24, 2.45) is 0 Å². The van der Waals surface area contributed by atoms with Gasteiger partial charge in [-0.05, 0) is 43.0 Å². The molecule has 0 bridgehead atoms. The Morgan fingerprint density at radius 2 is 1.96 bits per heavy atom. The van der Waals surface area contributed by atoms with E-state index in [0.29, 0.717) is 10.6 Å². The van der Waals surface area contributed by atoms with Crippen LogP contribution in [0.1, 0.15) is 36.9 Å². The fraction of sp³-hybridized carbons (Fsp3) is 0.211. The number of ether oxygens (including phenoxy) is 1. The molecule has 8 heteroatoms. The molecule has 3 rings (SSSR count). The van der Waals surface area contributed by atoms with Crippen molar-refractivity contribution in [2.75, 3.05) is 6.61 Å². The van der Waals surface area contributed by atoms with E-state index in [0.717, 1.165) is 15.4 Å². The monoisotopic (exact) mass is 404 g/mol. The summed E-state index contributed by atoms with van der Waals surface area (Å²) in [5, 5.41) is 5.50. The van der Waals surface area contributed by atoms with Crippen molar-refractivity contribution in [1.82, 2.24) is 10.3 Å². The number of nitrogens with one attached hydrogen (secondary N) is 1. The summed E-state index contributed by atoms with van der Waals surface area (Å²) in [7, 11) is 0. The highest BCUT2D eigenvalue weighted by Gasteiger charge is 2.20.